The van der Waals surface area contributed by atoms with Crippen LogP contribution in [-0.2, 0) is 27.5 Å². The van der Waals surface area contributed by atoms with Gasteiger partial charge < -0.3 is 19.8 Å². The Kier molecular flexibility index (Phi) is 10.3. The zero-order valence-corrected chi connectivity index (χ0v) is 20.8. The van der Waals surface area contributed by atoms with Crippen LogP contribution in [0.1, 0.15) is 43.7 Å². The summed E-state index contributed by atoms with van der Waals surface area (Å²) in [6.45, 7) is 7.68. The van der Waals surface area contributed by atoms with Crippen LogP contribution < -0.4 is 4.74 Å². The number of nitrogens with zero attached hydrogens (tertiary/aromatic N) is 2. The third-order valence-electron chi connectivity index (χ3n) is 6.64. The van der Waals surface area contributed by atoms with Crippen LogP contribution in [0.5, 0.6) is 5.75 Å². The molecule has 2 N–H and O–H groups in total. The van der Waals surface area contributed by atoms with Gasteiger partial charge in [0.15, 0.2) is 0 Å². The summed E-state index contributed by atoms with van der Waals surface area (Å²) in [5.74, 6) is -1.46. The van der Waals surface area contributed by atoms with Gasteiger partial charge in [0, 0.05) is 25.6 Å². The minimum Gasteiger partial charge on any atom is -0.489 e. The van der Waals surface area contributed by atoms with Crippen molar-refractivity contribution >= 4 is 17.8 Å². The molecule has 0 aromatic heterocycles. The number of aliphatic carboxylic acids is 2. The van der Waals surface area contributed by atoms with E-state index in [0.717, 1.165) is 57.7 Å². The molecule has 0 spiro atoms. The highest BCUT2D eigenvalue weighted by Crippen LogP contribution is 2.25. The van der Waals surface area contributed by atoms with E-state index in [4.69, 9.17) is 24.5 Å². The molecule has 2 fully saturated rings. The van der Waals surface area contributed by atoms with Crippen molar-refractivity contribution in [3.8, 4) is 5.75 Å². The number of carbonyl (C=O) groups is 3. The molecule has 1 amide bonds. The lowest BCUT2D eigenvalue weighted by Crippen LogP contribution is -2.45. The predicted octanol–water partition coefficient (Wildman–Crippen LogP) is 3.89. The Bertz CT molecular complexity index is 992. The molecule has 8 nitrogen and oxygen atoms in total. The van der Waals surface area contributed by atoms with E-state index in [1.54, 1.807) is 0 Å². The first-order valence-corrected chi connectivity index (χ1v) is 12.5. The maximum atomic E-state index is 12.9. The Morgan fingerprint density at radius 1 is 0.889 bits per heavy atom. The summed E-state index contributed by atoms with van der Waals surface area (Å²) in [4.78, 5) is 35.7. The van der Waals surface area contributed by atoms with Gasteiger partial charge >= 0.3 is 11.9 Å². The maximum Gasteiger partial charge on any atom is 0.414 e. The average molecular weight is 497 g/mol. The highest BCUT2D eigenvalue weighted by molar-refractivity contribution is 6.27. The molecule has 1 unspecified atom stereocenters. The molecule has 8 heteroatoms. The van der Waals surface area contributed by atoms with Crippen LogP contribution in [0.4, 0.5) is 0 Å². The largest absolute Gasteiger partial charge is 0.489 e. The lowest BCUT2D eigenvalue weighted by Gasteiger charge is -2.37. The van der Waals surface area contributed by atoms with Gasteiger partial charge in [0.25, 0.3) is 0 Å². The Morgan fingerprint density at radius 3 is 2.19 bits per heavy atom. The number of piperidine rings is 2. The summed E-state index contributed by atoms with van der Waals surface area (Å²) in [7, 11) is 0. The highest BCUT2D eigenvalue weighted by Gasteiger charge is 2.30. The molecule has 0 aliphatic carbocycles. The molecule has 194 valence electrons. The Labute approximate surface area is 212 Å². The van der Waals surface area contributed by atoms with Crippen LogP contribution in [0.25, 0.3) is 0 Å². The monoisotopic (exact) mass is 496 g/mol. The predicted molar refractivity (Wildman–Crippen MR) is 135 cm³/mol. The van der Waals surface area contributed by atoms with Gasteiger partial charge in [0.05, 0.1) is 0 Å². The van der Waals surface area contributed by atoms with Gasteiger partial charge in [-0.25, -0.2) is 9.59 Å². The van der Waals surface area contributed by atoms with Crippen LogP contribution in [0.15, 0.2) is 54.6 Å². The van der Waals surface area contributed by atoms with E-state index in [2.05, 4.69) is 47.1 Å². The molecule has 36 heavy (non-hydrogen) atoms. The second-order valence-electron chi connectivity index (χ2n) is 9.61. The summed E-state index contributed by atoms with van der Waals surface area (Å²) < 4.78 is 5.98. The molecular formula is C28H36N2O6. The van der Waals surface area contributed by atoms with Crippen molar-refractivity contribution in [1.82, 2.24) is 9.80 Å². The fraction of sp³-hybridized carbons (Fsp3) is 0.464. The zero-order chi connectivity index (χ0) is 25.9. The van der Waals surface area contributed by atoms with E-state index in [1.807, 2.05) is 24.3 Å². The molecule has 2 heterocycles. The molecular weight excluding hydrogens is 460 g/mol. The Balaban J connectivity index is 0.000000538. The zero-order valence-electron chi connectivity index (χ0n) is 20.8. The normalized spacial score (nSPS) is 18.6. The van der Waals surface area contributed by atoms with Crippen molar-refractivity contribution in [2.75, 3.05) is 26.2 Å². The van der Waals surface area contributed by atoms with Crippen LogP contribution >= 0.6 is 0 Å². The third kappa shape index (κ3) is 8.68. The number of rotatable bonds is 6. The molecule has 2 aromatic rings. The first kappa shape index (κ1) is 27.2. The molecule has 2 saturated heterocycles. The summed E-state index contributed by atoms with van der Waals surface area (Å²) >= 11 is 0. The summed E-state index contributed by atoms with van der Waals surface area (Å²) in [5.41, 5.74) is 2.45. The Hall–Kier alpha value is -3.39. The van der Waals surface area contributed by atoms with Crippen molar-refractivity contribution < 1.29 is 29.3 Å². The van der Waals surface area contributed by atoms with Crippen LogP contribution in [-0.4, -0.2) is 64.0 Å². The first-order chi connectivity index (χ1) is 17.3. The number of ether oxygens (including phenoxy) is 1. The van der Waals surface area contributed by atoms with Gasteiger partial charge in [-0.15, -0.1) is 0 Å². The average Bonchev–Trinajstić information content (AvgIpc) is 2.89. The van der Waals surface area contributed by atoms with Crippen molar-refractivity contribution in [2.45, 2.75) is 45.8 Å². The topological polar surface area (TPSA) is 107 Å². The number of hydrogen-bond donors (Lipinski definition) is 2. The number of carbonyl (C=O) groups excluding carboxylic acids is 1. The van der Waals surface area contributed by atoms with Crippen molar-refractivity contribution in [2.24, 2.45) is 11.8 Å². The molecule has 1 atom stereocenters. The number of carboxylic acid groups (broad SMARTS) is 2. The van der Waals surface area contributed by atoms with Gasteiger partial charge in [0.2, 0.25) is 5.91 Å². The fourth-order valence-electron chi connectivity index (χ4n) is 4.72. The van der Waals surface area contributed by atoms with Gasteiger partial charge in [-0.2, -0.15) is 0 Å². The number of hydrogen-bond acceptors (Lipinski definition) is 5. The third-order valence-corrected chi connectivity index (χ3v) is 6.64. The van der Waals surface area contributed by atoms with Crippen LogP contribution in [0.3, 0.4) is 0 Å². The number of likely N-dealkylation sites (tertiary alicyclic amines) is 2. The van der Waals surface area contributed by atoms with Gasteiger partial charge in [0.1, 0.15) is 12.4 Å². The van der Waals surface area contributed by atoms with Crippen LogP contribution in [0, 0.1) is 11.8 Å². The number of benzene rings is 2. The number of carboxylic acids is 2. The van der Waals surface area contributed by atoms with E-state index < -0.39 is 11.9 Å². The molecule has 0 saturated carbocycles. The summed E-state index contributed by atoms with van der Waals surface area (Å²) in [6.07, 6.45) is 4.38. The molecule has 0 bridgehead atoms. The molecule has 0 radical (unpaired) electrons. The molecule has 4 rings (SSSR count). The van der Waals surface area contributed by atoms with E-state index in [0.29, 0.717) is 18.4 Å². The molecule has 2 aliphatic rings. The second-order valence-corrected chi connectivity index (χ2v) is 9.61. The van der Waals surface area contributed by atoms with E-state index in [-0.39, 0.29) is 5.92 Å². The van der Waals surface area contributed by atoms with Crippen molar-refractivity contribution in [1.29, 1.82) is 0 Å². The highest BCUT2D eigenvalue weighted by atomic mass is 16.5. The second kappa shape index (κ2) is 13.6. The molecule has 2 aromatic carbocycles. The van der Waals surface area contributed by atoms with Crippen molar-refractivity contribution in [3.05, 3.63) is 65.7 Å². The maximum absolute atomic E-state index is 12.9. The van der Waals surface area contributed by atoms with Crippen LogP contribution in [0.2, 0.25) is 0 Å². The minimum atomic E-state index is -1.82. The summed E-state index contributed by atoms with van der Waals surface area (Å²) in [5, 5.41) is 14.8. The SMILES string of the molecule is CC1CCCN(C(=O)C2CCN(Cc3cccc(OCc4ccccc4)c3)CC2)C1.O=C(O)C(=O)O. The standard InChI is InChI=1S/C26H34N2O2.C2H2O4/c1-21-7-6-14-28(18-21)26(29)24-12-15-27(16-13-24)19-23-10-5-11-25(17-23)30-20-22-8-3-2-4-9-22;3-1(4)2(5)6/h2-5,8-11,17,21,24H,6-7,12-16,18-20H2,1H3;(H,3,4)(H,5,6). The lowest BCUT2D eigenvalue weighted by molar-refractivity contribution is -0.159. The lowest BCUT2D eigenvalue weighted by atomic mass is 9.92. The fourth-order valence-corrected chi connectivity index (χ4v) is 4.72. The first-order valence-electron chi connectivity index (χ1n) is 12.5. The van der Waals surface area contributed by atoms with Gasteiger partial charge in [-0.3, -0.25) is 9.69 Å². The smallest absolute Gasteiger partial charge is 0.414 e. The molecule has 2 aliphatic heterocycles. The van der Waals surface area contributed by atoms with Gasteiger partial charge in [-0.1, -0.05) is 49.4 Å². The van der Waals surface area contributed by atoms with E-state index in [1.165, 1.54) is 17.5 Å². The quantitative estimate of drug-likeness (QED) is 0.584. The number of amides is 1. The van der Waals surface area contributed by atoms with E-state index in [9.17, 15) is 4.79 Å². The Morgan fingerprint density at radius 2 is 1.56 bits per heavy atom. The minimum absolute atomic E-state index is 0.215. The van der Waals surface area contributed by atoms with E-state index >= 15 is 0 Å². The van der Waals surface area contributed by atoms with Crippen molar-refractivity contribution in [3.63, 3.8) is 0 Å². The van der Waals surface area contributed by atoms with Gasteiger partial charge in [-0.05, 0) is 68.0 Å². The summed E-state index contributed by atoms with van der Waals surface area (Å²) in [6, 6.07) is 18.7.